The molecule has 0 atom stereocenters. The number of rotatable bonds is 15. The number of hydrogen-bond acceptors (Lipinski definition) is 3. The van der Waals surface area contributed by atoms with Crippen LogP contribution in [0.15, 0.2) is 0 Å². The first-order valence-corrected chi connectivity index (χ1v) is 9.56. The van der Waals surface area contributed by atoms with Gasteiger partial charge in [0.05, 0.1) is 0 Å². The average molecular weight is 303 g/mol. The molecule has 120 valence electrons. The molecule has 0 aromatic heterocycles. The molecule has 3 nitrogen and oxygen atoms in total. The predicted octanol–water partition coefficient (Wildman–Crippen LogP) is 4.38. The molecule has 0 bridgehead atoms. The molecule has 1 aliphatic rings. The summed E-state index contributed by atoms with van der Waals surface area (Å²) in [5, 5.41) is 0. The monoisotopic (exact) mass is 302 g/mol. The van der Waals surface area contributed by atoms with E-state index in [4.69, 9.17) is 14.2 Å². The van der Waals surface area contributed by atoms with Gasteiger partial charge in [-0.15, -0.1) is 0 Å². The molecule has 0 N–H and O–H groups in total. The van der Waals surface area contributed by atoms with E-state index in [0.717, 1.165) is 12.8 Å². The highest BCUT2D eigenvalue weighted by atomic mass is 28.2. The third kappa shape index (κ3) is 9.11. The van der Waals surface area contributed by atoms with Crippen LogP contribution in [0, 0.1) is 0 Å². The van der Waals surface area contributed by atoms with Crippen molar-refractivity contribution >= 4 is 10.5 Å². The van der Waals surface area contributed by atoms with Gasteiger partial charge >= 0.3 is 5.97 Å². The maximum Gasteiger partial charge on any atom is 0.330 e. The van der Waals surface area contributed by atoms with Crippen molar-refractivity contribution in [1.82, 2.24) is 0 Å². The molecule has 1 fully saturated rings. The molecule has 1 aliphatic heterocycles. The van der Waals surface area contributed by atoms with Crippen molar-refractivity contribution in [2.75, 3.05) is 0 Å². The maximum absolute atomic E-state index is 5.25. The van der Waals surface area contributed by atoms with E-state index >= 15 is 0 Å². The Morgan fingerprint density at radius 1 is 0.700 bits per heavy atom. The van der Waals surface area contributed by atoms with Crippen molar-refractivity contribution in [3.63, 3.8) is 0 Å². The van der Waals surface area contributed by atoms with Gasteiger partial charge in [0.2, 0.25) is 0 Å². The van der Waals surface area contributed by atoms with Gasteiger partial charge in [-0.2, -0.15) is 9.78 Å². The van der Waals surface area contributed by atoms with E-state index in [0.29, 0.717) is 10.5 Å². The Bertz CT molecular complexity index is 220. The first-order chi connectivity index (χ1) is 9.83. The van der Waals surface area contributed by atoms with Gasteiger partial charge in [-0.1, -0.05) is 84.0 Å². The molecule has 4 heteroatoms. The molecular weight excluding hydrogens is 268 g/mol. The highest BCUT2D eigenvalue weighted by Crippen LogP contribution is 2.35. The van der Waals surface area contributed by atoms with Crippen molar-refractivity contribution in [2.45, 2.75) is 103 Å². The molecule has 20 heavy (non-hydrogen) atoms. The van der Waals surface area contributed by atoms with Crippen LogP contribution in [0.2, 0.25) is 0 Å². The Kier molecular flexibility index (Phi) is 10.6. The second kappa shape index (κ2) is 11.7. The van der Waals surface area contributed by atoms with Crippen LogP contribution in [0.3, 0.4) is 0 Å². The zero-order chi connectivity index (χ0) is 14.5. The number of hydrogen-bond donors (Lipinski definition) is 0. The third-order valence-electron chi connectivity index (χ3n) is 4.17. The van der Waals surface area contributed by atoms with Crippen LogP contribution in [0.25, 0.3) is 0 Å². The van der Waals surface area contributed by atoms with Gasteiger partial charge < -0.3 is 4.43 Å². The molecule has 0 aliphatic carbocycles. The second-order valence-corrected chi connectivity index (χ2v) is 6.45. The van der Waals surface area contributed by atoms with Gasteiger partial charge in [-0.05, 0) is 6.42 Å². The molecule has 0 amide bonds. The minimum atomic E-state index is -0.607. The van der Waals surface area contributed by atoms with Gasteiger partial charge in [-0.25, -0.2) is 0 Å². The predicted molar refractivity (Wildman–Crippen MR) is 86.2 cm³/mol. The van der Waals surface area contributed by atoms with Crippen molar-refractivity contribution in [3.8, 4) is 0 Å². The van der Waals surface area contributed by atoms with Crippen LogP contribution in [-0.4, -0.2) is 16.5 Å². The summed E-state index contributed by atoms with van der Waals surface area (Å²) < 4.78 is 5.25. The molecule has 0 radical (unpaired) electrons. The van der Waals surface area contributed by atoms with Crippen LogP contribution < -0.4 is 0 Å². The summed E-state index contributed by atoms with van der Waals surface area (Å²) in [6.07, 6.45) is 18.9. The minimum absolute atomic E-state index is 0.607. The summed E-state index contributed by atoms with van der Waals surface area (Å²) in [6.45, 7) is 2.28. The maximum atomic E-state index is 5.25. The Hall–Kier alpha value is 0.0969. The lowest BCUT2D eigenvalue weighted by molar-refractivity contribution is 0.0570. The Morgan fingerprint density at radius 3 is 1.45 bits per heavy atom. The number of unbranched alkanes of at least 4 members (excludes halogenated alkanes) is 12. The van der Waals surface area contributed by atoms with Gasteiger partial charge in [0.15, 0.2) is 10.5 Å². The van der Waals surface area contributed by atoms with E-state index in [1.807, 2.05) is 0 Å². The largest absolute Gasteiger partial charge is 0.377 e. The molecule has 0 aromatic rings. The molecule has 1 heterocycles. The van der Waals surface area contributed by atoms with E-state index in [9.17, 15) is 0 Å². The first-order valence-electron chi connectivity index (χ1n) is 8.75. The van der Waals surface area contributed by atoms with Gasteiger partial charge in [0.1, 0.15) is 0 Å². The minimum Gasteiger partial charge on any atom is -0.377 e. The Labute approximate surface area is 128 Å². The van der Waals surface area contributed by atoms with Gasteiger partial charge in [0, 0.05) is 6.42 Å². The standard InChI is InChI=1S/C16H34O3Si/c1-2-3-4-5-6-7-8-9-10-11-12-13-14-15-16(19-20)17-18-16/h2-15H2,1,20H3. The smallest absolute Gasteiger partial charge is 0.330 e. The van der Waals surface area contributed by atoms with Crippen LogP contribution in [0.5, 0.6) is 0 Å². The van der Waals surface area contributed by atoms with E-state index in [-0.39, 0.29) is 0 Å². The van der Waals surface area contributed by atoms with Gasteiger partial charge in [0.25, 0.3) is 0 Å². The van der Waals surface area contributed by atoms with Crippen molar-refractivity contribution < 1.29 is 14.2 Å². The highest BCUT2D eigenvalue weighted by Gasteiger charge is 2.48. The SMILES string of the molecule is CCCCCCCCCCCCCCCC1(O[SiH3])OO1. The molecule has 0 spiro atoms. The van der Waals surface area contributed by atoms with Crippen molar-refractivity contribution in [3.05, 3.63) is 0 Å². The lowest BCUT2D eigenvalue weighted by Gasteiger charge is -2.05. The zero-order valence-electron chi connectivity index (χ0n) is 13.6. The fraction of sp³-hybridized carbons (Fsp3) is 1.00. The molecule has 1 rings (SSSR count). The summed E-state index contributed by atoms with van der Waals surface area (Å²) in [6, 6.07) is 0. The summed E-state index contributed by atoms with van der Waals surface area (Å²) in [4.78, 5) is 9.73. The average Bonchev–Trinajstić information content (AvgIpc) is 3.24. The fourth-order valence-corrected chi connectivity index (χ4v) is 3.00. The summed E-state index contributed by atoms with van der Waals surface area (Å²) >= 11 is 0. The van der Waals surface area contributed by atoms with E-state index in [1.165, 1.54) is 77.0 Å². The Morgan fingerprint density at radius 2 is 1.10 bits per heavy atom. The van der Waals surface area contributed by atoms with Crippen LogP contribution in [-0.2, 0) is 14.2 Å². The lowest BCUT2D eigenvalue weighted by Crippen LogP contribution is -2.13. The van der Waals surface area contributed by atoms with Crippen molar-refractivity contribution in [1.29, 1.82) is 0 Å². The summed E-state index contributed by atoms with van der Waals surface area (Å²) in [5.74, 6) is -0.607. The fourth-order valence-electron chi connectivity index (χ4n) is 2.66. The van der Waals surface area contributed by atoms with Crippen molar-refractivity contribution in [2.24, 2.45) is 0 Å². The zero-order valence-corrected chi connectivity index (χ0v) is 15.6. The van der Waals surface area contributed by atoms with E-state index in [2.05, 4.69) is 6.92 Å². The Balaban J connectivity index is 1.68. The quantitative estimate of drug-likeness (QED) is 0.195. The summed E-state index contributed by atoms with van der Waals surface area (Å²) in [7, 11) is 0.681. The molecule has 0 aromatic carbocycles. The first kappa shape index (κ1) is 18.1. The molecule has 1 saturated heterocycles. The molecule has 0 unspecified atom stereocenters. The van der Waals surface area contributed by atoms with E-state index < -0.39 is 5.97 Å². The topological polar surface area (TPSA) is 34.3 Å². The summed E-state index contributed by atoms with van der Waals surface area (Å²) in [5.41, 5.74) is 0. The normalized spacial score (nSPS) is 16.6. The molecular formula is C16H34O3Si. The third-order valence-corrected chi connectivity index (χ3v) is 4.79. The van der Waals surface area contributed by atoms with Crippen LogP contribution in [0.1, 0.15) is 96.8 Å². The van der Waals surface area contributed by atoms with E-state index in [1.54, 1.807) is 0 Å². The second-order valence-electron chi connectivity index (χ2n) is 6.05. The lowest BCUT2D eigenvalue weighted by atomic mass is 10.0. The van der Waals surface area contributed by atoms with Crippen LogP contribution in [0.4, 0.5) is 0 Å². The highest BCUT2D eigenvalue weighted by molar-refractivity contribution is 5.98. The van der Waals surface area contributed by atoms with Gasteiger partial charge in [-0.3, -0.25) is 0 Å². The molecule has 0 saturated carbocycles. The van der Waals surface area contributed by atoms with Crippen LogP contribution >= 0.6 is 0 Å².